The van der Waals surface area contributed by atoms with Crippen molar-refractivity contribution < 1.29 is 14.6 Å². The third kappa shape index (κ3) is 4.81. The first-order valence-corrected chi connectivity index (χ1v) is 7.48. The van der Waals surface area contributed by atoms with Crippen molar-refractivity contribution in [3.8, 4) is 5.75 Å². The molecule has 0 saturated carbocycles. The largest absolute Gasteiger partial charge is 0.494 e. The number of hydrogen-bond acceptors (Lipinski definition) is 3. The third-order valence-electron chi connectivity index (χ3n) is 3.36. The second-order valence-electron chi connectivity index (χ2n) is 5.01. The van der Waals surface area contributed by atoms with Crippen molar-refractivity contribution in [3.05, 3.63) is 59.7 Å². The van der Waals surface area contributed by atoms with Gasteiger partial charge in [-0.25, -0.2) is 4.79 Å². The predicted molar refractivity (Wildman–Crippen MR) is 87.8 cm³/mol. The zero-order valence-electron chi connectivity index (χ0n) is 12.7. The minimum absolute atomic E-state index is 0.289. The molecule has 4 heteroatoms. The summed E-state index contributed by atoms with van der Waals surface area (Å²) in [5.74, 6) is -0.0346. The van der Waals surface area contributed by atoms with Crippen LogP contribution in [0.5, 0.6) is 5.75 Å². The van der Waals surface area contributed by atoms with Gasteiger partial charge >= 0.3 is 5.97 Å². The number of rotatable bonds is 8. The minimum Gasteiger partial charge on any atom is -0.494 e. The van der Waals surface area contributed by atoms with Crippen molar-refractivity contribution in [2.75, 3.05) is 18.5 Å². The number of aryl methyl sites for hydroxylation is 1. The minimum atomic E-state index is -0.914. The Morgan fingerprint density at radius 1 is 1.18 bits per heavy atom. The van der Waals surface area contributed by atoms with E-state index < -0.39 is 5.97 Å². The number of ether oxygens (including phenoxy) is 1. The molecule has 0 aliphatic rings. The molecule has 0 atom stereocenters. The van der Waals surface area contributed by atoms with Crippen molar-refractivity contribution >= 4 is 11.7 Å². The van der Waals surface area contributed by atoms with Crippen LogP contribution in [-0.2, 0) is 6.42 Å². The summed E-state index contributed by atoms with van der Waals surface area (Å²) in [4.78, 5) is 10.9. The van der Waals surface area contributed by atoms with Crippen LogP contribution in [0, 0.1) is 0 Å². The highest BCUT2D eigenvalue weighted by atomic mass is 16.5. The van der Waals surface area contributed by atoms with Crippen LogP contribution in [0.15, 0.2) is 48.5 Å². The van der Waals surface area contributed by atoms with Crippen LogP contribution in [-0.4, -0.2) is 24.2 Å². The molecule has 0 fully saturated rings. The van der Waals surface area contributed by atoms with Gasteiger partial charge in [-0.15, -0.1) is 0 Å². The Labute approximate surface area is 130 Å². The molecular formula is C18H21NO3. The van der Waals surface area contributed by atoms with E-state index in [2.05, 4.69) is 24.4 Å². The van der Waals surface area contributed by atoms with Gasteiger partial charge in [-0.05, 0) is 48.7 Å². The van der Waals surface area contributed by atoms with Gasteiger partial charge in [-0.1, -0.05) is 25.1 Å². The molecule has 0 amide bonds. The average molecular weight is 299 g/mol. The van der Waals surface area contributed by atoms with Gasteiger partial charge in [0.05, 0.1) is 12.2 Å². The van der Waals surface area contributed by atoms with Gasteiger partial charge in [0, 0.05) is 12.2 Å². The number of carboxylic acids is 1. The molecule has 2 aromatic rings. The van der Waals surface area contributed by atoms with Crippen LogP contribution in [0.25, 0.3) is 0 Å². The summed E-state index contributed by atoms with van der Waals surface area (Å²) in [6.45, 7) is 3.48. The highest BCUT2D eigenvalue weighted by Crippen LogP contribution is 2.13. The molecule has 0 spiro atoms. The van der Waals surface area contributed by atoms with Gasteiger partial charge in [0.1, 0.15) is 5.75 Å². The Balaban J connectivity index is 1.70. The second kappa shape index (κ2) is 8.08. The Bertz CT molecular complexity index is 608. The molecule has 0 heterocycles. The lowest BCUT2D eigenvalue weighted by Gasteiger charge is -2.09. The monoisotopic (exact) mass is 299 g/mol. The SMILES string of the molecule is CCc1ccc(OCCCNc2cccc(C(=O)O)c2)cc1. The average Bonchev–Trinajstić information content (AvgIpc) is 2.55. The number of aromatic carboxylic acids is 1. The lowest BCUT2D eigenvalue weighted by Crippen LogP contribution is -2.08. The molecule has 2 aromatic carbocycles. The van der Waals surface area contributed by atoms with Gasteiger partial charge in [-0.2, -0.15) is 0 Å². The fraction of sp³-hybridized carbons (Fsp3) is 0.278. The van der Waals surface area contributed by atoms with Crippen molar-refractivity contribution in [2.24, 2.45) is 0 Å². The van der Waals surface area contributed by atoms with E-state index in [1.54, 1.807) is 18.2 Å². The molecule has 0 radical (unpaired) electrons. The number of carboxylic acid groups (broad SMARTS) is 1. The molecular weight excluding hydrogens is 278 g/mol. The third-order valence-corrected chi connectivity index (χ3v) is 3.36. The standard InChI is InChI=1S/C18H21NO3/c1-2-14-7-9-17(10-8-14)22-12-4-11-19-16-6-3-5-15(13-16)18(20)21/h3,5-10,13,19H,2,4,11-12H2,1H3,(H,20,21). The fourth-order valence-corrected chi connectivity index (χ4v) is 2.08. The molecule has 2 rings (SSSR count). The zero-order valence-corrected chi connectivity index (χ0v) is 12.7. The number of carbonyl (C=O) groups is 1. The molecule has 0 aromatic heterocycles. The van der Waals surface area contributed by atoms with Crippen LogP contribution in [0.3, 0.4) is 0 Å². The van der Waals surface area contributed by atoms with Gasteiger partial charge in [0.2, 0.25) is 0 Å². The summed E-state index contributed by atoms with van der Waals surface area (Å²) in [5, 5.41) is 12.1. The van der Waals surface area contributed by atoms with E-state index >= 15 is 0 Å². The molecule has 2 N–H and O–H groups in total. The maximum absolute atomic E-state index is 10.9. The van der Waals surface area contributed by atoms with Crippen molar-refractivity contribution in [1.82, 2.24) is 0 Å². The molecule has 0 bridgehead atoms. The number of anilines is 1. The van der Waals surface area contributed by atoms with E-state index in [9.17, 15) is 4.79 Å². The van der Waals surface area contributed by atoms with E-state index in [0.29, 0.717) is 6.61 Å². The second-order valence-corrected chi connectivity index (χ2v) is 5.01. The summed E-state index contributed by atoms with van der Waals surface area (Å²) >= 11 is 0. The Morgan fingerprint density at radius 3 is 2.64 bits per heavy atom. The molecule has 0 saturated heterocycles. The van der Waals surface area contributed by atoms with Crippen molar-refractivity contribution in [2.45, 2.75) is 19.8 Å². The number of hydrogen-bond donors (Lipinski definition) is 2. The lowest BCUT2D eigenvalue weighted by molar-refractivity contribution is 0.0697. The van der Waals surface area contributed by atoms with E-state index in [1.807, 2.05) is 18.2 Å². The van der Waals surface area contributed by atoms with Crippen molar-refractivity contribution in [3.63, 3.8) is 0 Å². The molecule has 116 valence electrons. The Morgan fingerprint density at radius 2 is 1.95 bits per heavy atom. The predicted octanol–water partition coefficient (Wildman–Crippen LogP) is 3.83. The summed E-state index contributed by atoms with van der Waals surface area (Å²) in [6, 6.07) is 14.9. The highest BCUT2D eigenvalue weighted by Gasteiger charge is 2.02. The first kappa shape index (κ1) is 15.9. The van der Waals surface area contributed by atoms with E-state index in [4.69, 9.17) is 9.84 Å². The van der Waals surface area contributed by atoms with Crippen LogP contribution in [0.4, 0.5) is 5.69 Å². The first-order valence-electron chi connectivity index (χ1n) is 7.48. The summed E-state index contributed by atoms with van der Waals surface area (Å²) in [7, 11) is 0. The van der Waals surface area contributed by atoms with Crippen LogP contribution >= 0.6 is 0 Å². The molecule has 0 unspecified atom stereocenters. The van der Waals surface area contributed by atoms with E-state index in [-0.39, 0.29) is 5.56 Å². The molecule has 0 aliphatic heterocycles. The zero-order chi connectivity index (χ0) is 15.8. The van der Waals surface area contributed by atoms with Gasteiger partial charge < -0.3 is 15.2 Å². The Kier molecular flexibility index (Phi) is 5.83. The normalized spacial score (nSPS) is 10.2. The van der Waals surface area contributed by atoms with Crippen molar-refractivity contribution in [1.29, 1.82) is 0 Å². The van der Waals surface area contributed by atoms with Crippen LogP contribution in [0.2, 0.25) is 0 Å². The molecule has 22 heavy (non-hydrogen) atoms. The van der Waals surface area contributed by atoms with E-state index in [0.717, 1.165) is 30.8 Å². The van der Waals surface area contributed by atoms with Gasteiger partial charge in [0.15, 0.2) is 0 Å². The maximum Gasteiger partial charge on any atom is 0.335 e. The summed E-state index contributed by atoms with van der Waals surface area (Å²) in [5.41, 5.74) is 2.40. The van der Waals surface area contributed by atoms with Gasteiger partial charge in [0.25, 0.3) is 0 Å². The summed E-state index contributed by atoms with van der Waals surface area (Å²) in [6.07, 6.45) is 1.87. The smallest absolute Gasteiger partial charge is 0.335 e. The molecule has 4 nitrogen and oxygen atoms in total. The highest BCUT2D eigenvalue weighted by molar-refractivity contribution is 5.88. The topological polar surface area (TPSA) is 58.6 Å². The Hall–Kier alpha value is -2.49. The van der Waals surface area contributed by atoms with E-state index in [1.165, 1.54) is 5.56 Å². The quantitative estimate of drug-likeness (QED) is 0.727. The van der Waals surface area contributed by atoms with Gasteiger partial charge in [-0.3, -0.25) is 0 Å². The van der Waals surface area contributed by atoms with Crippen LogP contribution in [0.1, 0.15) is 29.3 Å². The summed E-state index contributed by atoms with van der Waals surface area (Å²) < 4.78 is 5.67. The lowest BCUT2D eigenvalue weighted by atomic mass is 10.2. The number of benzene rings is 2. The number of nitrogens with one attached hydrogen (secondary N) is 1. The fourth-order valence-electron chi connectivity index (χ4n) is 2.08. The van der Waals surface area contributed by atoms with Crippen LogP contribution < -0.4 is 10.1 Å². The first-order chi connectivity index (χ1) is 10.7. The molecule has 0 aliphatic carbocycles. The maximum atomic E-state index is 10.9.